The van der Waals surface area contributed by atoms with E-state index in [0.717, 1.165) is 32.1 Å². The Morgan fingerprint density at radius 1 is 1.00 bits per heavy atom. The first-order valence-corrected chi connectivity index (χ1v) is 4.39. The molecule has 0 radical (unpaired) electrons. The molecule has 0 aliphatic carbocycles. The molecule has 0 saturated heterocycles. The van der Waals surface area contributed by atoms with Crippen LogP contribution in [-0.4, -0.2) is 22.4 Å². The second-order valence-electron chi connectivity index (χ2n) is 3.70. The van der Waals surface area contributed by atoms with E-state index >= 15 is 0 Å². The van der Waals surface area contributed by atoms with E-state index in [2.05, 4.69) is 0 Å². The Morgan fingerprint density at radius 3 is 2.00 bits per heavy atom. The lowest BCUT2D eigenvalue weighted by Gasteiger charge is -2.16. The van der Waals surface area contributed by atoms with Gasteiger partial charge in [-0.05, 0) is 26.7 Å². The number of rotatable bonds is 6. The fourth-order valence-corrected chi connectivity index (χ4v) is 1.02. The van der Waals surface area contributed by atoms with Crippen molar-refractivity contribution in [2.75, 3.05) is 6.61 Å². The lowest BCUT2D eigenvalue weighted by molar-refractivity contribution is 0.0679. The molecule has 0 spiro atoms. The van der Waals surface area contributed by atoms with Crippen molar-refractivity contribution < 1.29 is 10.2 Å². The van der Waals surface area contributed by atoms with Gasteiger partial charge < -0.3 is 10.2 Å². The minimum Gasteiger partial charge on any atom is -0.396 e. The first kappa shape index (κ1) is 10.9. The second-order valence-corrected chi connectivity index (χ2v) is 3.70. The molecule has 0 aliphatic rings. The summed E-state index contributed by atoms with van der Waals surface area (Å²) >= 11 is 0. The van der Waals surface area contributed by atoms with Gasteiger partial charge in [0.1, 0.15) is 0 Å². The summed E-state index contributed by atoms with van der Waals surface area (Å²) in [7, 11) is 0. The van der Waals surface area contributed by atoms with Crippen LogP contribution < -0.4 is 0 Å². The van der Waals surface area contributed by atoms with Crippen LogP contribution in [-0.2, 0) is 0 Å². The van der Waals surface area contributed by atoms with Crippen LogP contribution in [0.4, 0.5) is 0 Å². The van der Waals surface area contributed by atoms with Gasteiger partial charge in [0, 0.05) is 6.61 Å². The molecule has 0 amide bonds. The zero-order valence-corrected chi connectivity index (χ0v) is 7.64. The molecule has 0 aromatic heterocycles. The van der Waals surface area contributed by atoms with Gasteiger partial charge in [-0.1, -0.05) is 19.3 Å². The predicted octanol–water partition coefficient (Wildman–Crippen LogP) is 1.70. The Bertz CT molecular complexity index is 84.1. The maximum atomic E-state index is 9.32. The van der Waals surface area contributed by atoms with Crippen molar-refractivity contribution in [1.29, 1.82) is 0 Å². The third-order valence-electron chi connectivity index (χ3n) is 1.70. The van der Waals surface area contributed by atoms with Crippen molar-refractivity contribution in [3.63, 3.8) is 0 Å². The van der Waals surface area contributed by atoms with E-state index in [0.29, 0.717) is 6.61 Å². The molecule has 11 heavy (non-hydrogen) atoms. The molecule has 2 nitrogen and oxygen atoms in total. The summed E-state index contributed by atoms with van der Waals surface area (Å²) in [5, 5.41) is 17.8. The lowest BCUT2D eigenvalue weighted by atomic mass is 10.0. The summed E-state index contributed by atoms with van der Waals surface area (Å²) in [6.07, 6.45) is 5.00. The van der Waals surface area contributed by atoms with E-state index in [9.17, 15) is 5.11 Å². The number of hydrogen-bond acceptors (Lipinski definition) is 2. The molecule has 0 heterocycles. The summed E-state index contributed by atoms with van der Waals surface area (Å²) in [6.45, 7) is 3.96. The van der Waals surface area contributed by atoms with E-state index in [1.54, 1.807) is 0 Å². The molecule has 0 unspecified atom stereocenters. The molecule has 0 saturated carbocycles. The van der Waals surface area contributed by atoms with E-state index in [1.165, 1.54) is 0 Å². The molecule has 0 bridgehead atoms. The van der Waals surface area contributed by atoms with Crippen LogP contribution in [0.5, 0.6) is 0 Å². The zero-order valence-electron chi connectivity index (χ0n) is 7.64. The van der Waals surface area contributed by atoms with Crippen molar-refractivity contribution in [2.24, 2.45) is 0 Å². The maximum absolute atomic E-state index is 9.32. The first-order valence-electron chi connectivity index (χ1n) is 4.39. The first-order chi connectivity index (χ1) is 5.06. The van der Waals surface area contributed by atoms with Crippen molar-refractivity contribution in [2.45, 2.75) is 51.6 Å². The van der Waals surface area contributed by atoms with Gasteiger partial charge in [-0.3, -0.25) is 0 Å². The third kappa shape index (κ3) is 9.92. The van der Waals surface area contributed by atoms with E-state index in [1.807, 2.05) is 13.8 Å². The zero-order chi connectivity index (χ0) is 8.74. The molecule has 0 rings (SSSR count). The van der Waals surface area contributed by atoms with Crippen LogP contribution in [0.3, 0.4) is 0 Å². The van der Waals surface area contributed by atoms with Gasteiger partial charge in [-0.15, -0.1) is 0 Å². The molecule has 0 atom stereocenters. The topological polar surface area (TPSA) is 40.5 Å². The monoisotopic (exact) mass is 160 g/mol. The van der Waals surface area contributed by atoms with Crippen molar-refractivity contribution in [3.05, 3.63) is 0 Å². The van der Waals surface area contributed by atoms with Crippen LogP contribution >= 0.6 is 0 Å². The van der Waals surface area contributed by atoms with Gasteiger partial charge in [0.15, 0.2) is 0 Å². The van der Waals surface area contributed by atoms with Gasteiger partial charge in [-0.25, -0.2) is 0 Å². The van der Waals surface area contributed by atoms with Gasteiger partial charge in [0.05, 0.1) is 5.60 Å². The normalized spacial score (nSPS) is 12.0. The second kappa shape index (κ2) is 5.56. The molecule has 68 valence electrons. The van der Waals surface area contributed by atoms with Crippen LogP contribution in [0.15, 0.2) is 0 Å². The highest BCUT2D eigenvalue weighted by molar-refractivity contribution is 4.64. The Balaban J connectivity index is 3.02. The van der Waals surface area contributed by atoms with E-state index in [4.69, 9.17) is 5.11 Å². The Hall–Kier alpha value is -0.0800. The molecule has 0 aromatic rings. The Morgan fingerprint density at radius 2 is 1.55 bits per heavy atom. The summed E-state index contributed by atoms with van der Waals surface area (Å²) < 4.78 is 0. The largest absolute Gasteiger partial charge is 0.396 e. The van der Waals surface area contributed by atoms with Crippen LogP contribution in [0.2, 0.25) is 0 Å². The predicted molar refractivity (Wildman–Crippen MR) is 46.5 cm³/mol. The number of aliphatic hydroxyl groups is 2. The highest BCUT2D eigenvalue weighted by Gasteiger charge is 2.10. The van der Waals surface area contributed by atoms with Gasteiger partial charge in [0.25, 0.3) is 0 Å². The minimum absolute atomic E-state index is 0.294. The average molecular weight is 160 g/mol. The maximum Gasteiger partial charge on any atom is 0.0591 e. The number of aliphatic hydroxyl groups excluding tert-OH is 1. The molecule has 2 heteroatoms. The van der Waals surface area contributed by atoms with Gasteiger partial charge in [-0.2, -0.15) is 0 Å². The van der Waals surface area contributed by atoms with Crippen LogP contribution in [0.25, 0.3) is 0 Å². The van der Waals surface area contributed by atoms with Crippen molar-refractivity contribution in [3.8, 4) is 0 Å². The Kier molecular flexibility index (Phi) is 5.51. The average Bonchev–Trinajstić information content (AvgIpc) is 1.85. The summed E-state index contributed by atoms with van der Waals surface area (Å²) in [4.78, 5) is 0. The summed E-state index contributed by atoms with van der Waals surface area (Å²) in [6, 6.07) is 0. The highest BCUT2D eigenvalue weighted by atomic mass is 16.3. The number of hydrogen-bond donors (Lipinski definition) is 2. The lowest BCUT2D eigenvalue weighted by Crippen LogP contribution is -2.17. The SMILES string of the molecule is CC(C)(O)CCCCCCO. The Labute approximate surface area is 69.2 Å². The molecule has 2 N–H and O–H groups in total. The van der Waals surface area contributed by atoms with Crippen molar-refractivity contribution >= 4 is 0 Å². The molecule has 0 aliphatic heterocycles. The minimum atomic E-state index is -0.515. The fraction of sp³-hybridized carbons (Fsp3) is 1.00. The molecular weight excluding hydrogens is 140 g/mol. The molecule has 0 aromatic carbocycles. The fourth-order valence-electron chi connectivity index (χ4n) is 1.02. The third-order valence-corrected chi connectivity index (χ3v) is 1.70. The van der Waals surface area contributed by atoms with Crippen LogP contribution in [0, 0.1) is 0 Å². The van der Waals surface area contributed by atoms with Crippen molar-refractivity contribution in [1.82, 2.24) is 0 Å². The standard InChI is InChI=1S/C9H20O2/c1-9(2,11)7-5-3-4-6-8-10/h10-11H,3-8H2,1-2H3. The van der Waals surface area contributed by atoms with E-state index in [-0.39, 0.29) is 0 Å². The smallest absolute Gasteiger partial charge is 0.0591 e. The number of unbranched alkanes of at least 4 members (excludes halogenated alkanes) is 3. The summed E-state index contributed by atoms with van der Waals surface area (Å²) in [5.74, 6) is 0. The van der Waals surface area contributed by atoms with Gasteiger partial charge >= 0.3 is 0 Å². The van der Waals surface area contributed by atoms with Gasteiger partial charge in [0.2, 0.25) is 0 Å². The quantitative estimate of drug-likeness (QED) is 0.581. The summed E-state index contributed by atoms with van der Waals surface area (Å²) in [5.41, 5.74) is -0.515. The molecule has 0 fully saturated rings. The van der Waals surface area contributed by atoms with Crippen LogP contribution in [0.1, 0.15) is 46.0 Å². The highest BCUT2D eigenvalue weighted by Crippen LogP contribution is 2.13. The molecular formula is C9H20O2. The van der Waals surface area contributed by atoms with E-state index < -0.39 is 5.60 Å².